The molecule has 1 atom stereocenters. The van der Waals surface area contributed by atoms with Gasteiger partial charge in [-0.15, -0.1) is 11.3 Å². The average Bonchev–Trinajstić information content (AvgIpc) is 3.55. The normalized spacial score (nSPS) is 16.7. The van der Waals surface area contributed by atoms with Crippen molar-refractivity contribution in [2.75, 3.05) is 19.6 Å². The molecule has 0 radical (unpaired) electrons. The number of rotatable bonds is 7. The van der Waals surface area contributed by atoms with Crippen molar-refractivity contribution in [3.8, 4) is 0 Å². The van der Waals surface area contributed by atoms with E-state index in [-0.39, 0.29) is 5.91 Å². The second kappa shape index (κ2) is 8.95. The van der Waals surface area contributed by atoms with Gasteiger partial charge in [0.1, 0.15) is 11.5 Å². The molecule has 0 saturated carbocycles. The highest BCUT2D eigenvalue weighted by atomic mass is 32.1. The van der Waals surface area contributed by atoms with Crippen LogP contribution in [-0.4, -0.2) is 50.4 Å². The second-order valence-corrected chi connectivity index (χ2v) is 8.70. The Bertz CT molecular complexity index is 1140. The number of fused-ring (bicyclic) bond motifs is 1. The van der Waals surface area contributed by atoms with E-state index < -0.39 is 0 Å². The van der Waals surface area contributed by atoms with Crippen LogP contribution in [0.3, 0.4) is 0 Å². The first-order valence-corrected chi connectivity index (χ1v) is 11.4. The lowest BCUT2D eigenvalue weighted by molar-refractivity contribution is 0.0946. The summed E-state index contributed by atoms with van der Waals surface area (Å²) < 4.78 is 0. The fourth-order valence-electron chi connectivity index (χ4n) is 3.97. The summed E-state index contributed by atoms with van der Waals surface area (Å²) in [5.74, 6) is 1.27. The van der Waals surface area contributed by atoms with Crippen molar-refractivity contribution in [1.29, 1.82) is 0 Å². The highest BCUT2D eigenvalue weighted by molar-refractivity contribution is 7.09. The molecule has 1 amide bonds. The molecule has 7 nitrogen and oxygen atoms in total. The number of likely N-dealkylation sites (tertiary alicyclic amines) is 1. The van der Waals surface area contributed by atoms with Crippen LogP contribution in [0.5, 0.6) is 0 Å². The highest BCUT2D eigenvalue weighted by Gasteiger charge is 2.27. The zero-order chi connectivity index (χ0) is 21.0. The molecular weight excluding hydrogens is 408 g/mol. The largest absolute Gasteiger partial charge is 0.345 e. The van der Waals surface area contributed by atoms with Crippen LogP contribution in [0.25, 0.3) is 11.0 Å². The number of aromatic nitrogens is 4. The van der Waals surface area contributed by atoms with Crippen molar-refractivity contribution in [3.05, 3.63) is 76.3 Å². The molecule has 2 N–H and O–H groups in total. The molecule has 31 heavy (non-hydrogen) atoms. The number of pyridine rings is 1. The van der Waals surface area contributed by atoms with E-state index in [0.29, 0.717) is 18.2 Å². The first kappa shape index (κ1) is 19.8. The number of carbonyl (C=O) groups is 1. The van der Waals surface area contributed by atoms with Gasteiger partial charge in [0.05, 0.1) is 28.3 Å². The van der Waals surface area contributed by atoms with E-state index in [1.54, 1.807) is 17.5 Å². The van der Waals surface area contributed by atoms with Crippen molar-refractivity contribution < 1.29 is 4.79 Å². The van der Waals surface area contributed by atoms with Gasteiger partial charge in [-0.1, -0.05) is 18.2 Å². The molecule has 0 spiro atoms. The predicted molar refractivity (Wildman–Crippen MR) is 121 cm³/mol. The van der Waals surface area contributed by atoms with Crippen LogP contribution >= 0.6 is 11.3 Å². The third kappa shape index (κ3) is 4.65. The number of thiazole rings is 1. The summed E-state index contributed by atoms with van der Waals surface area (Å²) in [5, 5.41) is 5.81. The Balaban J connectivity index is 1.13. The number of hydrogen-bond donors (Lipinski definition) is 2. The third-order valence-electron chi connectivity index (χ3n) is 5.64. The van der Waals surface area contributed by atoms with Gasteiger partial charge in [-0.05, 0) is 37.2 Å². The van der Waals surface area contributed by atoms with Crippen LogP contribution in [0.4, 0.5) is 0 Å². The van der Waals surface area contributed by atoms with Gasteiger partial charge in [-0.3, -0.25) is 9.78 Å². The van der Waals surface area contributed by atoms with Gasteiger partial charge in [0.15, 0.2) is 0 Å². The maximum absolute atomic E-state index is 12.4. The summed E-state index contributed by atoms with van der Waals surface area (Å²) >= 11 is 1.58. The van der Waals surface area contributed by atoms with Gasteiger partial charge >= 0.3 is 0 Å². The molecule has 158 valence electrons. The molecule has 0 aliphatic carbocycles. The number of amides is 1. The molecule has 4 heterocycles. The van der Waals surface area contributed by atoms with Gasteiger partial charge in [-0.2, -0.15) is 0 Å². The summed E-state index contributed by atoms with van der Waals surface area (Å²) in [6.07, 6.45) is 3.70. The minimum absolute atomic E-state index is 0.145. The van der Waals surface area contributed by atoms with Crippen LogP contribution in [0.2, 0.25) is 0 Å². The Hall–Kier alpha value is -3.10. The van der Waals surface area contributed by atoms with Crippen molar-refractivity contribution in [3.63, 3.8) is 0 Å². The van der Waals surface area contributed by atoms with E-state index in [2.05, 4.69) is 36.2 Å². The van der Waals surface area contributed by atoms with Gasteiger partial charge in [0.25, 0.3) is 5.91 Å². The number of para-hydroxylation sites is 2. The molecule has 1 unspecified atom stereocenters. The van der Waals surface area contributed by atoms with Crippen molar-refractivity contribution in [1.82, 2.24) is 30.2 Å². The monoisotopic (exact) mass is 432 g/mol. The summed E-state index contributed by atoms with van der Waals surface area (Å²) in [5.41, 5.74) is 3.45. The minimum Gasteiger partial charge on any atom is -0.345 e. The van der Waals surface area contributed by atoms with E-state index in [4.69, 9.17) is 0 Å². The fourth-order valence-corrected chi connectivity index (χ4v) is 4.90. The zero-order valence-corrected chi connectivity index (χ0v) is 17.9. The molecule has 1 fully saturated rings. The Morgan fingerprint density at radius 1 is 1.19 bits per heavy atom. The maximum atomic E-state index is 12.4. The lowest BCUT2D eigenvalue weighted by Crippen LogP contribution is -2.24. The van der Waals surface area contributed by atoms with Crippen molar-refractivity contribution in [2.24, 2.45) is 0 Å². The number of H-pyrrole nitrogens is 1. The minimum atomic E-state index is -0.145. The molecule has 3 aromatic heterocycles. The van der Waals surface area contributed by atoms with E-state index in [1.165, 1.54) is 0 Å². The number of nitrogens with zero attached hydrogens (tertiary/aromatic N) is 4. The van der Waals surface area contributed by atoms with Gasteiger partial charge in [-0.25, -0.2) is 9.97 Å². The Kier molecular flexibility index (Phi) is 5.73. The zero-order valence-electron chi connectivity index (χ0n) is 17.1. The van der Waals surface area contributed by atoms with Gasteiger partial charge in [0, 0.05) is 37.0 Å². The van der Waals surface area contributed by atoms with Gasteiger partial charge in [0.2, 0.25) is 0 Å². The van der Waals surface area contributed by atoms with E-state index in [1.807, 2.05) is 41.8 Å². The van der Waals surface area contributed by atoms with Crippen LogP contribution < -0.4 is 5.32 Å². The van der Waals surface area contributed by atoms with Crippen LogP contribution in [0.1, 0.15) is 39.4 Å². The number of imidazole rings is 1. The van der Waals surface area contributed by atoms with Crippen LogP contribution in [-0.2, 0) is 13.0 Å². The first-order chi connectivity index (χ1) is 15.2. The molecule has 5 rings (SSSR count). The Labute approximate surface area is 184 Å². The molecule has 4 aromatic rings. The van der Waals surface area contributed by atoms with E-state index in [0.717, 1.165) is 60.0 Å². The fraction of sp³-hybridized carbons (Fsp3) is 0.304. The third-order valence-corrected chi connectivity index (χ3v) is 6.64. The van der Waals surface area contributed by atoms with Crippen LogP contribution in [0.15, 0.2) is 54.0 Å². The molecule has 0 bridgehead atoms. The molecular formula is C23H24N6OS. The van der Waals surface area contributed by atoms with Gasteiger partial charge < -0.3 is 15.2 Å². The molecule has 1 aromatic carbocycles. The molecule has 1 aliphatic rings. The number of benzene rings is 1. The summed E-state index contributed by atoms with van der Waals surface area (Å²) in [6, 6.07) is 13.8. The van der Waals surface area contributed by atoms with Crippen LogP contribution in [0, 0.1) is 0 Å². The summed E-state index contributed by atoms with van der Waals surface area (Å²) in [6.45, 7) is 3.40. The summed E-state index contributed by atoms with van der Waals surface area (Å²) in [4.78, 5) is 31.8. The lowest BCUT2D eigenvalue weighted by Gasteiger charge is -2.14. The number of hydrogen-bond acceptors (Lipinski definition) is 6. The summed E-state index contributed by atoms with van der Waals surface area (Å²) in [7, 11) is 0. The second-order valence-electron chi connectivity index (χ2n) is 7.81. The quantitative estimate of drug-likeness (QED) is 0.468. The number of aromatic amines is 1. The lowest BCUT2D eigenvalue weighted by atomic mass is 10.1. The Morgan fingerprint density at radius 3 is 2.97 bits per heavy atom. The van der Waals surface area contributed by atoms with E-state index in [9.17, 15) is 4.79 Å². The van der Waals surface area contributed by atoms with Crippen molar-refractivity contribution >= 4 is 28.3 Å². The predicted octanol–water partition coefficient (Wildman–Crippen LogP) is 3.38. The number of nitrogens with one attached hydrogen (secondary N) is 2. The maximum Gasteiger partial charge on any atom is 0.271 e. The highest BCUT2D eigenvalue weighted by Crippen LogP contribution is 2.29. The molecule has 1 aliphatic heterocycles. The number of carbonyl (C=O) groups excluding carboxylic acids is 1. The SMILES string of the molecule is O=C(NCc1ccccn1)c1csc(C2CCN(CCc3nc4ccccc4[nH]3)C2)n1. The first-order valence-electron chi connectivity index (χ1n) is 10.5. The standard InChI is InChI=1S/C23H24N6OS/c30-22(25-13-17-5-3-4-10-24-17)20-15-31-23(28-20)16-8-11-29(14-16)12-9-21-26-18-6-1-2-7-19(18)27-21/h1-7,10,15-16H,8-9,11-14H2,(H,25,30)(H,26,27). The van der Waals surface area contributed by atoms with E-state index >= 15 is 0 Å². The topological polar surface area (TPSA) is 86.8 Å². The molecule has 8 heteroatoms. The molecule has 1 saturated heterocycles. The Morgan fingerprint density at radius 2 is 2.10 bits per heavy atom. The smallest absolute Gasteiger partial charge is 0.271 e. The van der Waals surface area contributed by atoms with Crippen molar-refractivity contribution in [2.45, 2.75) is 25.3 Å². The average molecular weight is 433 g/mol.